The molecule has 0 spiro atoms. The molecule has 174 valence electrons. The molecule has 0 aliphatic heterocycles. The molecule has 0 bridgehead atoms. The Kier molecular flexibility index (Phi) is 9.58. The Balaban J connectivity index is 2.40. The first-order valence-electron chi connectivity index (χ1n) is 10.7. The summed E-state index contributed by atoms with van der Waals surface area (Å²) in [7, 11) is -5.54. The number of sulfonamides is 1. The molecule has 0 aromatic heterocycles. The first-order chi connectivity index (χ1) is 15.3. The van der Waals surface area contributed by atoms with E-state index in [1.54, 1.807) is 12.1 Å². The molecule has 1 N–H and O–H groups in total. The van der Waals surface area contributed by atoms with Gasteiger partial charge in [0.15, 0.2) is 8.32 Å². The molecule has 0 heterocycles. The summed E-state index contributed by atoms with van der Waals surface area (Å²) in [5, 5.41) is 3.75. The van der Waals surface area contributed by atoms with Crippen molar-refractivity contribution in [2.24, 2.45) is 5.11 Å². The number of nitrogens with zero attached hydrogens (tertiary/aromatic N) is 3. The van der Waals surface area contributed by atoms with Crippen LogP contribution in [0.3, 0.4) is 0 Å². The second-order valence-electron chi connectivity index (χ2n) is 7.67. The summed E-state index contributed by atoms with van der Waals surface area (Å²) in [4.78, 5) is 2.90. The summed E-state index contributed by atoms with van der Waals surface area (Å²) in [6.07, 6.45) is 0.637. The Bertz CT molecular complexity index is 1020. The fraction of sp³-hybridized carbons (Fsp3) is 0.455. The highest BCUT2D eigenvalue weighted by Crippen LogP contribution is 2.34. The van der Waals surface area contributed by atoms with Crippen LogP contribution < -0.4 is 9.46 Å². The average molecular weight is 477 g/mol. The van der Waals surface area contributed by atoms with Crippen molar-refractivity contribution in [3.05, 3.63) is 70.1 Å². The van der Waals surface area contributed by atoms with Gasteiger partial charge in [-0.25, -0.2) is 8.42 Å². The van der Waals surface area contributed by atoms with Crippen molar-refractivity contribution in [1.29, 1.82) is 0 Å². The van der Waals surface area contributed by atoms with Gasteiger partial charge in [-0.1, -0.05) is 62.3 Å². The molecule has 0 aliphatic rings. The number of anilines is 1. The van der Waals surface area contributed by atoms with Crippen LogP contribution in [0.4, 0.5) is 5.69 Å². The number of ether oxygens (including phenoxy) is 1. The molecule has 0 radical (unpaired) electrons. The third kappa shape index (κ3) is 7.56. The topological polar surface area (TPSA) is 113 Å². The highest BCUT2D eigenvalue weighted by molar-refractivity contribution is 7.92. The average Bonchev–Trinajstić information content (AvgIpc) is 2.78. The minimum atomic E-state index is -3.54. The van der Waals surface area contributed by atoms with E-state index in [0.717, 1.165) is 35.5 Å². The maximum absolute atomic E-state index is 12.0. The second kappa shape index (κ2) is 11.9. The number of hydrogen-bond acceptors (Lipinski definition) is 5. The van der Waals surface area contributed by atoms with Gasteiger partial charge >= 0.3 is 0 Å². The summed E-state index contributed by atoms with van der Waals surface area (Å²) in [5.74, 6) is 0.413. The number of azide groups is 1. The lowest BCUT2D eigenvalue weighted by atomic mass is 10.1. The monoisotopic (exact) mass is 476 g/mol. The van der Waals surface area contributed by atoms with Gasteiger partial charge in [0.1, 0.15) is 12.4 Å². The lowest BCUT2D eigenvalue weighted by molar-refractivity contribution is 0.198. The quantitative estimate of drug-likeness (QED) is 0.165. The zero-order valence-corrected chi connectivity index (χ0v) is 20.9. The molecule has 0 saturated carbocycles. The van der Waals surface area contributed by atoms with E-state index in [1.165, 1.54) is 0 Å². The van der Waals surface area contributed by atoms with Gasteiger partial charge < -0.3 is 9.16 Å². The maximum Gasteiger partial charge on any atom is 0.229 e. The van der Waals surface area contributed by atoms with Crippen molar-refractivity contribution in [1.82, 2.24) is 0 Å². The van der Waals surface area contributed by atoms with Crippen molar-refractivity contribution in [2.45, 2.75) is 51.6 Å². The van der Waals surface area contributed by atoms with Gasteiger partial charge in [-0.2, -0.15) is 0 Å². The molecule has 8 nitrogen and oxygen atoms in total. The first kappa shape index (κ1) is 25.7. The van der Waals surface area contributed by atoms with E-state index < -0.39 is 24.4 Å². The predicted octanol–water partition coefficient (Wildman–Crippen LogP) is 6.01. The van der Waals surface area contributed by atoms with Crippen LogP contribution >= 0.6 is 0 Å². The lowest BCUT2D eigenvalue weighted by Gasteiger charge is -2.33. The SMILES string of the molecule is CC[Si](CC)(CC)O[C@@H](CN=[N+]=[N-])c1ccc(OCc2ccccc2)c(NS(C)(=O)=O)c1. The normalized spacial score (nSPS) is 12.6. The molecule has 0 amide bonds. The summed E-state index contributed by atoms with van der Waals surface area (Å²) in [5.41, 5.74) is 10.9. The Morgan fingerprint density at radius 3 is 2.31 bits per heavy atom. The largest absolute Gasteiger partial charge is 0.487 e. The van der Waals surface area contributed by atoms with E-state index in [0.29, 0.717) is 18.0 Å². The smallest absolute Gasteiger partial charge is 0.229 e. The van der Waals surface area contributed by atoms with Crippen LogP contribution in [0, 0.1) is 0 Å². The van der Waals surface area contributed by atoms with Crippen molar-refractivity contribution in [3.63, 3.8) is 0 Å². The summed E-state index contributed by atoms with van der Waals surface area (Å²) >= 11 is 0. The van der Waals surface area contributed by atoms with Gasteiger partial charge in [-0.3, -0.25) is 4.72 Å². The van der Waals surface area contributed by atoms with Crippen molar-refractivity contribution in [3.8, 4) is 5.75 Å². The van der Waals surface area contributed by atoms with E-state index in [4.69, 9.17) is 14.7 Å². The zero-order valence-electron chi connectivity index (χ0n) is 19.1. The number of rotatable bonds is 13. The van der Waals surface area contributed by atoms with Gasteiger partial charge in [-0.05, 0) is 46.9 Å². The molecule has 2 aromatic carbocycles. The predicted molar refractivity (Wildman–Crippen MR) is 131 cm³/mol. The van der Waals surface area contributed by atoms with Crippen LogP contribution in [0.1, 0.15) is 38.0 Å². The standard InChI is InChI=1S/C22H32N4O4SSi/c1-5-32(6-2,7-3)30-22(16-24-26-23)19-13-14-21(20(15-19)25-31(4,27)28)29-17-18-11-9-8-10-12-18/h8-15,22,25H,5-7,16-17H2,1-4H3/t22-/m0/s1. The van der Waals surface area contributed by atoms with Crippen LogP contribution in [-0.4, -0.2) is 29.5 Å². The van der Waals surface area contributed by atoms with Gasteiger partial charge in [-0.15, -0.1) is 0 Å². The van der Waals surface area contributed by atoms with Crippen LogP contribution in [0.25, 0.3) is 10.4 Å². The van der Waals surface area contributed by atoms with E-state index >= 15 is 0 Å². The Morgan fingerprint density at radius 2 is 1.75 bits per heavy atom. The molecule has 1 atom stereocenters. The van der Waals surface area contributed by atoms with Crippen LogP contribution in [0.5, 0.6) is 5.75 Å². The zero-order chi connectivity index (χ0) is 23.6. The van der Waals surface area contributed by atoms with Gasteiger partial charge in [0.05, 0.1) is 24.6 Å². The van der Waals surface area contributed by atoms with Crippen LogP contribution in [0.2, 0.25) is 18.1 Å². The Labute approximate surface area is 191 Å². The molecular weight excluding hydrogens is 444 g/mol. The van der Waals surface area contributed by atoms with Crippen molar-refractivity contribution in [2.75, 3.05) is 17.5 Å². The fourth-order valence-electron chi connectivity index (χ4n) is 3.51. The third-order valence-corrected chi connectivity index (χ3v) is 10.8. The van der Waals surface area contributed by atoms with E-state index in [1.807, 2.05) is 36.4 Å². The van der Waals surface area contributed by atoms with Gasteiger partial charge in [0.25, 0.3) is 0 Å². The van der Waals surface area contributed by atoms with E-state index in [2.05, 4.69) is 35.5 Å². The minimum Gasteiger partial charge on any atom is -0.487 e. The van der Waals surface area contributed by atoms with Crippen LogP contribution in [0.15, 0.2) is 53.6 Å². The van der Waals surface area contributed by atoms with E-state index in [9.17, 15) is 8.42 Å². The van der Waals surface area contributed by atoms with E-state index in [-0.39, 0.29) is 6.54 Å². The summed E-state index contributed by atoms with van der Waals surface area (Å²) in [6, 6.07) is 17.7. The van der Waals surface area contributed by atoms with Crippen LogP contribution in [-0.2, 0) is 21.1 Å². The highest BCUT2D eigenvalue weighted by atomic mass is 32.2. The van der Waals surface area contributed by atoms with Gasteiger partial charge in [0, 0.05) is 4.91 Å². The number of hydrogen-bond donors (Lipinski definition) is 1. The Hall–Kier alpha value is -2.52. The maximum atomic E-state index is 12.0. The molecule has 32 heavy (non-hydrogen) atoms. The lowest BCUT2D eigenvalue weighted by Crippen LogP contribution is -2.38. The van der Waals surface area contributed by atoms with Gasteiger partial charge in [0.2, 0.25) is 10.0 Å². The molecule has 0 unspecified atom stereocenters. The molecule has 2 rings (SSSR count). The van der Waals surface area contributed by atoms with Crippen molar-refractivity contribution >= 4 is 24.0 Å². The first-order valence-corrected chi connectivity index (χ1v) is 15.1. The molecule has 0 aliphatic carbocycles. The summed E-state index contributed by atoms with van der Waals surface area (Å²) < 4.78 is 39.0. The minimum absolute atomic E-state index is 0.133. The second-order valence-corrected chi connectivity index (χ2v) is 14.1. The molecular formula is C22H32N4O4SSi. The molecule has 2 aromatic rings. The molecule has 0 fully saturated rings. The molecule has 0 saturated heterocycles. The molecule has 10 heteroatoms. The Morgan fingerprint density at radius 1 is 1.09 bits per heavy atom. The highest BCUT2D eigenvalue weighted by Gasteiger charge is 2.32. The number of nitrogens with one attached hydrogen (secondary N) is 1. The third-order valence-electron chi connectivity index (χ3n) is 5.54. The number of benzene rings is 2. The summed E-state index contributed by atoms with van der Waals surface area (Å²) in [6.45, 7) is 6.81. The van der Waals surface area contributed by atoms with Crippen molar-refractivity contribution < 1.29 is 17.6 Å². The fourth-order valence-corrected chi connectivity index (χ4v) is 6.88.